The van der Waals surface area contributed by atoms with E-state index in [1.54, 1.807) is 12.4 Å². The molecule has 3 aromatic heterocycles. The van der Waals surface area contributed by atoms with Crippen molar-refractivity contribution in [1.82, 2.24) is 35.3 Å². The van der Waals surface area contributed by atoms with Gasteiger partial charge in [0.1, 0.15) is 0 Å². The Bertz CT molecular complexity index is 1260. The summed E-state index contributed by atoms with van der Waals surface area (Å²) in [5.41, 5.74) is 3.72. The van der Waals surface area contributed by atoms with Crippen molar-refractivity contribution in [3.05, 3.63) is 48.8 Å². The van der Waals surface area contributed by atoms with Gasteiger partial charge in [0.05, 0.1) is 36.6 Å². The van der Waals surface area contributed by atoms with Crippen molar-refractivity contribution in [1.29, 1.82) is 0 Å². The highest BCUT2D eigenvalue weighted by molar-refractivity contribution is 5.94. The fourth-order valence-electron chi connectivity index (χ4n) is 3.84. The fourth-order valence-corrected chi connectivity index (χ4v) is 3.84. The van der Waals surface area contributed by atoms with Crippen LogP contribution < -0.4 is 4.90 Å². The van der Waals surface area contributed by atoms with Crippen molar-refractivity contribution >= 4 is 27.8 Å². The van der Waals surface area contributed by atoms with Gasteiger partial charge in [-0.2, -0.15) is 20.2 Å². The highest BCUT2D eigenvalue weighted by atomic mass is 16.5. The van der Waals surface area contributed by atoms with Crippen LogP contribution in [0.4, 0.5) is 5.95 Å². The second kappa shape index (κ2) is 6.89. The quantitative estimate of drug-likeness (QED) is 0.481. The maximum absolute atomic E-state index is 5.51. The van der Waals surface area contributed by atoms with Gasteiger partial charge < -0.3 is 9.64 Å². The number of aromatic amines is 2. The Morgan fingerprint density at radius 3 is 1.87 bits per heavy atom. The molecule has 2 N–H and O–H groups in total. The molecule has 0 radical (unpaired) electrons. The van der Waals surface area contributed by atoms with Crippen molar-refractivity contribution in [2.45, 2.75) is 0 Å². The summed E-state index contributed by atoms with van der Waals surface area (Å²) in [7, 11) is 0. The molecule has 2 aromatic carbocycles. The highest BCUT2D eigenvalue weighted by Crippen LogP contribution is 2.30. The first-order valence-corrected chi connectivity index (χ1v) is 9.80. The van der Waals surface area contributed by atoms with E-state index in [4.69, 9.17) is 19.7 Å². The zero-order valence-electron chi connectivity index (χ0n) is 16.0. The number of rotatable bonds is 3. The lowest BCUT2D eigenvalue weighted by atomic mass is 10.1. The maximum Gasteiger partial charge on any atom is 0.229 e. The number of fused-ring (bicyclic) bond motifs is 2. The molecule has 0 spiro atoms. The number of morpholine rings is 1. The molecule has 1 saturated heterocycles. The van der Waals surface area contributed by atoms with Crippen molar-refractivity contribution < 1.29 is 4.74 Å². The Hall–Kier alpha value is -3.85. The van der Waals surface area contributed by atoms with E-state index >= 15 is 0 Å². The van der Waals surface area contributed by atoms with E-state index in [1.807, 2.05) is 36.4 Å². The lowest BCUT2D eigenvalue weighted by molar-refractivity contribution is 0.122. The molecule has 0 bridgehead atoms. The third-order valence-electron chi connectivity index (χ3n) is 5.37. The molecular weight excluding hydrogens is 380 g/mol. The summed E-state index contributed by atoms with van der Waals surface area (Å²) in [6.45, 7) is 2.80. The predicted molar refractivity (Wildman–Crippen MR) is 113 cm³/mol. The summed E-state index contributed by atoms with van der Waals surface area (Å²) in [6.07, 6.45) is 3.61. The summed E-state index contributed by atoms with van der Waals surface area (Å²) in [6, 6.07) is 12.0. The molecule has 0 amide bonds. The van der Waals surface area contributed by atoms with Crippen molar-refractivity contribution in [3.63, 3.8) is 0 Å². The Kier molecular flexibility index (Phi) is 3.91. The number of nitrogens with zero attached hydrogens (tertiary/aromatic N) is 6. The highest BCUT2D eigenvalue weighted by Gasteiger charge is 2.20. The van der Waals surface area contributed by atoms with E-state index in [-0.39, 0.29) is 0 Å². The summed E-state index contributed by atoms with van der Waals surface area (Å²) in [5.74, 6) is 1.89. The second-order valence-electron chi connectivity index (χ2n) is 7.16. The van der Waals surface area contributed by atoms with Gasteiger partial charge in [0.25, 0.3) is 0 Å². The third kappa shape index (κ3) is 2.79. The normalized spacial score (nSPS) is 14.6. The minimum absolute atomic E-state index is 0.619. The second-order valence-corrected chi connectivity index (χ2v) is 7.16. The minimum atomic E-state index is 0.619. The monoisotopic (exact) mass is 398 g/mol. The molecule has 0 unspecified atom stereocenters. The average molecular weight is 398 g/mol. The van der Waals surface area contributed by atoms with Crippen LogP contribution in [0.2, 0.25) is 0 Å². The molecule has 6 rings (SSSR count). The molecule has 148 valence electrons. The minimum Gasteiger partial charge on any atom is -0.378 e. The molecule has 9 nitrogen and oxygen atoms in total. The Labute approximate surface area is 171 Å². The SMILES string of the molecule is c1cc(-c2nc(-c3cccc4[nH]ncc34)nc(N3CCOCC3)n2)c2cn[nH]c2c1. The van der Waals surface area contributed by atoms with Crippen LogP contribution in [-0.2, 0) is 4.74 Å². The largest absolute Gasteiger partial charge is 0.378 e. The molecule has 1 aliphatic rings. The molecule has 0 atom stereocenters. The lowest BCUT2D eigenvalue weighted by Crippen LogP contribution is -2.37. The number of ether oxygens (including phenoxy) is 1. The van der Waals surface area contributed by atoms with Crippen molar-refractivity contribution in [2.75, 3.05) is 31.2 Å². The van der Waals surface area contributed by atoms with Crippen LogP contribution >= 0.6 is 0 Å². The van der Waals surface area contributed by atoms with E-state index in [0.717, 1.165) is 46.0 Å². The Balaban J connectivity index is 1.58. The topological polar surface area (TPSA) is 108 Å². The van der Waals surface area contributed by atoms with Crippen LogP contribution in [0, 0.1) is 0 Å². The van der Waals surface area contributed by atoms with Gasteiger partial charge >= 0.3 is 0 Å². The van der Waals surface area contributed by atoms with E-state index in [0.29, 0.717) is 30.8 Å². The molecule has 30 heavy (non-hydrogen) atoms. The van der Waals surface area contributed by atoms with Gasteiger partial charge in [0, 0.05) is 35.0 Å². The zero-order valence-corrected chi connectivity index (χ0v) is 16.0. The number of H-pyrrole nitrogens is 2. The molecule has 1 fully saturated rings. The van der Waals surface area contributed by atoms with Gasteiger partial charge in [-0.3, -0.25) is 10.2 Å². The summed E-state index contributed by atoms with van der Waals surface area (Å²) in [4.78, 5) is 16.7. The third-order valence-corrected chi connectivity index (χ3v) is 5.37. The maximum atomic E-state index is 5.51. The van der Waals surface area contributed by atoms with Gasteiger partial charge in [-0.15, -0.1) is 0 Å². The predicted octanol–water partition coefficient (Wildman–Crippen LogP) is 2.79. The molecule has 4 heterocycles. The molecule has 9 heteroatoms. The van der Waals surface area contributed by atoms with Crippen LogP contribution in [-0.4, -0.2) is 61.6 Å². The Morgan fingerprint density at radius 1 is 0.733 bits per heavy atom. The number of anilines is 1. The van der Waals surface area contributed by atoms with Crippen LogP contribution in [0.15, 0.2) is 48.8 Å². The van der Waals surface area contributed by atoms with Crippen LogP contribution in [0.1, 0.15) is 0 Å². The number of aromatic nitrogens is 7. The van der Waals surface area contributed by atoms with E-state index in [2.05, 4.69) is 25.3 Å². The zero-order chi connectivity index (χ0) is 19.9. The van der Waals surface area contributed by atoms with Crippen molar-refractivity contribution in [2.24, 2.45) is 0 Å². The lowest BCUT2D eigenvalue weighted by Gasteiger charge is -2.27. The van der Waals surface area contributed by atoms with E-state index in [1.165, 1.54) is 0 Å². The van der Waals surface area contributed by atoms with Gasteiger partial charge in [-0.25, -0.2) is 4.98 Å². The standard InChI is InChI=1S/C21H18N8O/c1-3-13(15-11-22-27-17(15)5-1)19-24-20(14-4-2-6-18-16(14)12-23-28-18)26-21(25-19)29-7-9-30-10-8-29/h1-6,11-12H,7-10H2,(H,22,27)(H,23,28). The van der Waals surface area contributed by atoms with E-state index in [9.17, 15) is 0 Å². The van der Waals surface area contributed by atoms with Crippen LogP contribution in [0.5, 0.6) is 0 Å². The first kappa shape index (κ1) is 17.0. The first-order valence-electron chi connectivity index (χ1n) is 9.80. The summed E-state index contributed by atoms with van der Waals surface area (Å²) in [5, 5.41) is 16.3. The fraction of sp³-hybridized carbons (Fsp3) is 0.190. The van der Waals surface area contributed by atoms with Gasteiger partial charge in [-0.1, -0.05) is 24.3 Å². The Morgan fingerprint density at radius 2 is 1.30 bits per heavy atom. The number of nitrogens with one attached hydrogen (secondary N) is 2. The van der Waals surface area contributed by atoms with Gasteiger partial charge in [0.2, 0.25) is 5.95 Å². The molecule has 1 aliphatic heterocycles. The van der Waals surface area contributed by atoms with Crippen LogP contribution in [0.3, 0.4) is 0 Å². The molecular formula is C21H18N8O. The smallest absolute Gasteiger partial charge is 0.229 e. The molecule has 0 saturated carbocycles. The van der Waals surface area contributed by atoms with Crippen LogP contribution in [0.25, 0.3) is 44.6 Å². The summed E-state index contributed by atoms with van der Waals surface area (Å²) >= 11 is 0. The number of hydrogen-bond acceptors (Lipinski definition) is 7. The average Bonchev–Trinajstić information content (AvgIpc) is 3.48. The van der Waals surface area contributed by atoms with Crippen molar-refractivity contribution in [3.8, 4) is 22.8 Å². The number of benzene rings is 2. The molecule has 5 aromatic rings. The molecule has 0 aliphatic carbocycles. The van der Waals surface area contributed by atoms with E-state index < -0.39 is 0 Å². The summed E-state index contributed by atoms with van der Waals surface area (Å²) < 4.78 is 5.51. The number of hydrogen-bond donors (Lipinski definition) is 2. The van der Waals surface area contributed by atoms with Gasteiger partial charge in [0.15, 0.2) is 11.6 Å². The first-order chi connectivity index (χ1) is 14.9. The van der Waals surface area contributed by atoms with Gasteiger partial charge in [-0.05, 0) is 12.1 Å².